The van der Waals surface area contributed by atoms with Gasteiger partial charge in [-0.15, -0.1) is 0 Å². The Labute approximate surface area is 136 Å². The minimum atomic E-state index is -0.333. The third-order valence-corrected chi connectivity index (χ3v) is 4.65. The third-order valence-electron chi connectivity index (χ3n) is 4.65. The van der Waals surface area contributed by atoms with Crippen LogP contribution < -0.4 is 4.90 Å². The van der Waals surface area contributed by atoms with Crippen molar-refractivity contribution < 1.29 is 9.47 Å². The Morgan fingerprint density at radius 1 is 1.09 bits per heavy atom. The zero-order valence-corrected chi connectivity index (χ0v) is 13.7. The number of hydrogen-bond acceptors (Lipinski definition) is 5. The monoisotopic (exact) mass is 314 g/mol. The molecule has 2 fully saturated rings. The summed E-state index contributed by atoms with van der Waals surface area (Å²) in [5, 5.41) is 4.50. The number of anilines is 1. The highest BCUT2D eigenvalue weighted by atomic mass is 16.7. The number of ether oxygens (including phenoxy) is 2. The summed E-state index contributed by atoms with van der Waals surface area (Å²) in [4.78, 5) is 6.92. The summed E-state index contributed by atoms with van der Waals surface area (Å²) in [5.74, 6) is 0.670. The molecule has 2 aromatic heterocycles. The lowest BCUT2D eigenvalue weighted by Gasteiger charge is -2.38. The van der Waals surface area contributed by atoms with E-state index >= 15 is 0 Å². The number of rotatable bonds is 2. The molecule has 2 aliphatic rings. The van der Waals surface area contributed by atoms with Crippen molar-refractivity contribution >= 4 is 5.82 Å². The van der Waals surface area contributed by atoms with E-state index < -0.39 is 0 Å². The van der Waals surface area contributed by atoms with Gasteiger partial charge >= 0.3 is 0 Å². The summed E-state index contributed by atoms with van der Waals surface area (Å²) < 4.78 is 13.5. The first-order valence-corrected chi connectivity index (χ1v) is 8.18. The van der Waals surface area contributed by atoms with Gasteiger partial charge in [-0.25, -0.2) is 9.67 Å². The zero-order valence-electron chi connectivity index (χ0n) is 13.7. The predicted octanol–water partition coefficient (Wildman–Crippen LogP) is 2.23. The van der Waals surface area contributed by atoms with Gasteiger partial charge in [0.2, 0.25) is 0 Å². The van der Waals surface area contributed by atoms with E-state index in [0.717, 1.165) is 62.0 Å². The van der Waals surface area contributed by atoms with Gasteiger partial charge in [0.15, 0.2) is 5.79 Å². The lowest BCUT2D eigenvalue weighted by atomic mass is 10.0. The molecule has 6 nitrogen and oxygen atoms in total. The van der Waals surface area contributed by atoms with Crippen molar-refractivity contribution in [3.8, 4) is 5.69 Å². The Morgan fingerprint density at radius 3 is 2.39 bits per heavy atom. The number of aromatic nitrogens is 3. The zero-order chi connectivity index (χ0) is 15.9. The van der Waals surface area contributed by atoms with Crippen LogP contribution in [-0.4, -0.2) is 46.9 Å². The summed E-state index contributed by atoms with van der Waals surface area (Å²) in [5.41, 5.74) is 3.13. The Bertz CT molecular complexity index is 679. The fourth-order valence-electron chi connectivity index (χ4n) is 3.44. The van der Waals surface area contributed by atoms with Crippen LogP contribution in [0.4, 0.5) is 5.82 Å². The Hall–Kier alpha value is -1.92. The second kappa shape index (κ2) is 5.62. The quantitative estimate of drug-likeness (QED) is 0.851. The average molecular weight is 314 g/mol. The van der Waals surface area contributed by atoms with Gasteiger partial charge in [0.1, 0.15) is 5.82 Å². The van der Waals surface area contributed by atoms with Crippen molar-refractivity contribution in [3.63, 3.8) is 0 Å². The highest BCUT2D eigenvalue weighted by Crippen LogP contribution is 2.32. The normalized spacial score (nSPS) is 20.3. The summed E-state index contributed by atoms with van der Waals surface area (Å²) in [6.45, 7) is 7.31. The third kappa shape index (κ3) is 2.72. The number of piperidine rings is 1. The smallest absolute Gasteiger partial charge is 0.171 e. The molecule has 2 aliphatic heterocycles. The van der Waals surface area contributed by atoms with Crippen LogP contribution in [0, 0.1) is 13.8 Å². The summed E-state index contributed by atoms with van der Waals surface area (Å²) in [7, 11) is 0. The fourth-order valence-corrected chi connectivity index (χ4v) is 3.44. The molecule has 1 spiro atoms. The van der Waals surface area contributed by atoms with E-state index in [-0.39, 0.29) is 5.79 Å². The summed E-state index contributed by atoms with van der Waals surface area (Å²) in [6, 6.07) is 6.22. The van der Waals surface area contributed by atoms with Crippen molar-refractivity contribution in [1.82, 2.24) is 14.8 Å². The van der Waals surface area contributed by atoms with E-state index in [9.17, 15) is 0 Å². The topological polar surface area (TPSA) is 52.4 Å². The molecule has 122 valence electrons. The summed E-state index contributed by atoms with van der Waals surface area (Å²) >= 11 is 0. The molecular formula is C17H22N4O2. The maximum absolute atomic E-state index is 5.78. The molecule has 0 bridgehead atoms. The van der Waals surface area contributed by atoms with Gasteiger partial charge in [0.05, 0.1) is 30.8 Å². The van der Waals surface area contributed by atoms with Crippen LogP contribution in [0.25, 0.3) is 5.69 Å². The molecule has 0 aromatic carbocycles. The van der Waals surface area contributed by atoms with Crippen molar-refractivity contribution in [1.29, 1.82) is 0 Å². The lowest BCUT2D eigenvalue weighted by molar-refractivity contribution is -0.169. The highest BCUT2D eigenvalue weighted by molar-refractivity contribution is 5.44. The Morgan fingerprint density at radius 2 is 1.83 bits per heavy atom. The van der Waals surface area contributed by atoms with E-state index in [1.165, 1.54) is 0 Å². The maximum Gasteiger partial charge on any atom is 0.171 e. The molecular weight excluding hydrogens is 292 g/mol. The Balaban J connectivity index is 1.47. The number of pyridine rings is 1. The van der Waals surface area contributed by atoms with Crippen molar-refractivity contribution in [2.45, 2.75) is 32.5 Å². The van der Waals surface area contributed by atoms with Gasteiger partial charge in [-0.3, -0.25) is 0 Å². The van der Waals surface area contributed by atoms with Crippen LogP contribution in [-0.2, 0) is 9.47 Å². The van der Waals surface area contributed by atoms with Crippen LogP contribution >= 0.6 is 0 Å². The maximum atomic E-state index is 5.78. The molecule has 0 atom stereocenters. The van der Waals surface area contributed by atoms with Gasteiger partial charge in [-0.1, -0.05) is 0 Å². The molecule has 4 heterocycles. The molecule has 0 unspecified atom stereocenters. The van der Waals surface area contributed by atoms with Crippen molar-refractivity contribution in [2.24, 2.45) is 0 Å². The second-order valence-corrected chi connectivity index (χ2v) is 6.31. The predicted molar refractivity (Wildman–Crippen MR) is 86.9 cm³/mol. The number of aryl methyl sites for hydroxylation is 2. The summed E-state index contributed by atoms with van der Waals surface area (Å²) in [6.07, 6.45) is 3.68. The van der Waals surface area contributed by atoms with Crippen molar-refractivity contribution in [2.75, 3.05) is 31.2 Å². The molecule has 2 saturated heterocycles. The average Bonchev–Trinajstić information content (AvgIpc) is 3.15. The van der Waals surface area contributed by atoms with Crippen LogP contribution in [0.1, 0.15) is 24.2 Å². The van der Waals surface area contributed by atoms with Gasteiger partial charge in [0, 0.05) is 31.6 Å². The molecule has 0 aliphatic carbocycles. The molecule has 6 heteroatoms. The molecule has 2 aromatic rings. The molecule has 23 heavy (non-hydrogen) atoms. The minimum Gasteiger partial charge on any atom is -0.356 e. The molecule has 4 rings (SSSR count). The molecule has 0 amide bonds. The van der Waals surface area contributed by atoms with E-state index in [1.807, 2.05) is 17.8 Å². The van der Waals surface area contributed by atoms with Gasteiger partial charge in [0.25, 0.3) is 0 Å². The second-order valence-electron chi connectivity index (χ2n) is 6.31. The largest absolute Gasteiger partial charge is 0.356 e. The van der Waals surface area contributed by atoms with Crippen LogP contribution in [0.2, 0.25) is 0 Å². The molecule has 0 radical (unpaired) electrons. The highest BCUT2D eigenvalue weighted by Gasteiger charge is 2.39. The van der Waals surface area contributed by atoms with Crippen LogP contribution in [0.3, 0.4) is 0 Å². The fraction of sp³-hybridized carbons (Fsp3) is 0.529. The first-order valence-electron chi connectivity index (χ1n) is 8.18. The van der Waals surface area contributed by atoms with Crippen LogP contribution in [0.5, 0.6) is 0 Å². The first-order chi connectivity index (χ1) is 11.2. The SMILES string of the molecule is Cc1cc(C)n(-c2ccc(N3CCC4(CC3)OCCO4)nc2)n1. The van der Waals surface area contributed by atoms with Gasteiger partial charge in [-0.2, -0.15) is 5.10 Å². The van der Waals surface area contributed by atoms with Crippen LogP contribution in [0.15, 0.2) is 24.4 Å². The van der Waals surface area contributed by atoms with E-state index in [4.69, 9.17) is 9.47 Å². The number of nitrogens with zero attached hydrogens (tertiary/aromatic N) is 4. The van der Waals surface area contributed by atoms with E-state index in [1.54, 1.807) is 0 Å². The van der Waals surface area contributed by atoms with Gasteiger partial charge < -0.3 is 14.4 Å². The number of hydrogen-bond donors (Lipinski definition) is 0. The van der Waals surface area contributed by atoms with E-state index in [2.05, 4.69) is 40.1 Å². The molecule has 0 saturated carbocycles. The first kappa shape index (κ1) is 14.7. The molecule has 0 N–H and O–H groups in total. The standard InChI is InChI=1S/C17H22N4O2/c1-13-11-14(2)21(19-13)15-3-4-16(18-12-15)20-7-5-17(6-8-20)22-9-10-23-17/h3-4,11-12H,5-10H2,1-2H3. The lowest BCUT2D eigenvalue weighted by Crippen LogP contribution is -2.45. The van der Waals surface area contributed by atoms with Crippen molar-refractivity contribution in [3.05, 3.63) is 35.8 Å². The van der Waals surface area contributed by atoms with E-state index in [0.29, 0.717) is 0 Å². The van der Waals surface area contributed by atoms with Gasteiger partial charge in [-0.05, 0) is 32.0 Å². The Kier molecular flexibility index (Phi) is 3.58. The minimum absolute atomic E-state index is 0.333.